The maximum atomic E-state index is 13.1. The first-order chi connectivity index (χ1) is 19.9. The van der Waals surface area contributed by atoms with Crippen molar-refractivity contribution in [3.05, 3.63) is 89.6 Å². The lowest BCUT2D eigenvalue weighted by Gasteiger charge is -2.16. The second-order valence-corrected chi connectivity index (χ2v) is 11.0. The SMILES string of the molecule is CC#CCOc1ccc(S(=O)(=O)N[C@@H](Cc2c(C)n(Cc3ccc(OC(F)(F)F)cc3)c3ccccc23)C(=O)O)cc1. The average Bonchev–Trinajstić information content (AvgIpc) is 3.19. The number of carboxylic acid groups (broad SMARTS) is 1. The molecule has 0 fully saturated rings. The number of hydrogen-bond donors (Lipinski definition) is 2. The minimum atomic E-state index is -4.80. The number of rotatable bonds is 11. The summed E-state index contributed by atoms with van der Waals surface area (Å²) in [5.74, 6) is 4.14. The van der Waals surface area contributed by atoms with Crippen LogP contribution in [0.3, 0.4) is 0 Å². The van der Waals surface area contributed by atoms with Crippen LogP contribution in [0.1, 0.15) is 23.7 Å². The van der Waals surface area contributed by atoms with Gasteiger partial charge in [-0.25, -0.2) is 8.42 Å². The molecule has 12 heteroatoms. The van der Waals surface area contributed by atoms with E-state index in [0.29, 0.717) is 22.6 Å². The maximum absolute atomic E-state index is 13.1. The van der Waals surface area contributed by atoms with E-state index in [-0.39, 0.29) is 30.2 Å². The molecule has 8 nitrogen and oxygen atoms in total. The van der Waals surface area contributed by atoms with E-state index in [9.17, 15) is 31.5 Å². The Morgan fingerprint density at radius 1 is 1.02 bits per heavy atom. The molecule has 1 heterocycles. The highest BCUT2D eigenvalue weighted by Crippen LogP contribution is 2.29. The third-order valence-corrected chi connectivity index (χ3v) is 7.97. The van der Waals surface area contributed by atoms with Crippen LogP contribution in [0, 0.1) is 18.8 Å². The van der Waals surface area contributed by atoms with Gasteiger partial charge in [-0.05, 0) is 67.4 Å². The second-order valence-electron chi connectivity index (χ2n) is 9.26. The fourth-order valence-corrected chi connectivity index (χ4v) is 5.68. The fourth-order valence-electron chi connectivity index (χ4n) is 4.49. The number of sulfonamides is 1. The van der Waals surface area contributed by atoms with Crippen LogP contribution in [0.5, 0.6) is 11.5 Å². The molecule has 0 amide bonds. The van der Waals surface area contributed by atoms with Gasteiger partial charge in [0.2, 0.25) is 10.0 Å². The van der Waals surface area contributed by atoms with E-state index in [4.69, 9.17) is 4.74 Å². The van der Waals surface area contributed by atoms with Gasteiger partial charge in [-0.3, -0.25) is 4.79 Å². The van der Waals surface area contributed by atoms with Gasteiger partial charge in [0.25, 0.3) is 0 Å². The van der Waals surface area contributed by atoms with Crippen LogP contribution in [0.15, 0.2) is 77.7 Å². The number of nitrogens with one attached hydrogen (secondary N) is 1. The zero-order valence-electron chi connectivity index (χ0n) is 22.6. The van der Waals surface area contributed by atoms with Crippen molar-refractivity contribution >= 4 is 26.9 Å². The predicted octanol–water partition coefficient (Wildman–Crippen LogP) is 5.27. The third-order valence-electron chi connectivity index (χ3n) is 6.48. The molecule has 0 spiro atoms. The van der Waals surface area contributed by atoms with Gasteiger partial charge in [-0.1, -0.05) is 36.3 Å². The number of halogens is 3. The minimum absolute atomic E-state index is 0.125. The lowest BCUT2D eigenvalue weighted by atomic mass is 10.0. The summed E-state index contributed by atoms with van der Waals surface area (Å²) < 4.78 is 77.3. The molecule has 0 bridgehead atoms. The number of ether oxygens (including phenoxy) is 2. The standard InChI is InChI=1S/C30H27F3N2O6S/c1-3-4-17-40-22-13-15-24(16-14-22)42(38,39)34-27(29(36)37)18-26-20(2)35(28-8-6-5-7-25(26)28)19-21-9-11-23(12-10-21)41-30(31,32)33/h5-16,27,34H,17-19H2,1-2H3,(H,36,37)/t27-/m0/s1. The highest BCUT2D eigenvalue weighted by Gasteiger charge is 2.31. The van der Waals surface area contributed by atoms with E-state index in [1.165, 1.54) is 48.5 Å². The van der Waals surface area contributed by atoms with Gasteiger partial charge in [-0.2, -0.15) is 4.72 Å². The third kappa shape index (κ3) is 7.43. The molecule has 220 valence electrons. The number of carboxylic acids is 1. The van der Waals surface area contributed by atoms with Crippen molar-refractivity contribution in [2.45, 2.75) is 44.1 Å². The Hall–Kier alpha value is -4.47. The van der Waals surface area contributed by atoms with Crippen molar-refractivity contribution in [2.24, 2.45) is 0 Å². The van der Waals surface area contributed by atoms with Crippen LogP contribution in [0.25, 0.3) is 10.9 Å². The quantitative estimate of drug-likeness (QED) is 0.227. The van der Waals surface area contributed by atoms with Crippen molar-refractivity contribution in [3.8, 4) is 23.3 Å². The van der Waals surface area contributed by atoms with Crippen molar-refractivity contribution in [3.63, 3.8) is 0 Å². The zero-order chi connectivity index (χ0) is 30.5. The highest BCUT2D eigenvalue weighted by atomic mass is 32.2. The molecule has 0 saturated heterocycles. The van der Waals surface area contributed by atoms with Crippen LogP contribution in [0.4, 0.5) is 13.2 Å². The summed E-state index contributed by atoms with van der Waals surface area (Å²) in [5, 5.41) is 10.7. The van der Waals surface area contributed by atoms with Gasteiger partial charge in [0.1, 0.15) is 24.1 Å². The largest absolute Gasteiger partial charge is 0.573 e. The molecule has 0 radical (unpaired) electrons. The first kappa shape index (κ1) is 30.5. The van der Waals surface area contributed by atoms with Crippen molar-refractivity contribution in [2.75, 3.05) is 6.61 Å². The summed E-state index contributed by atoms with van der Waals surface area (Å²) in [6.45, 7) is 3.88. The molecule has 0 saturated carbocycles. The summed E-state index contributed by atoms with van der Waals surface area (Å²) in [4.78, 5) is 12.1. The molecule has 1 atom stereocenters. The molecule has 0 aliphatic carbocycles. The smallest absolute Gasteiger partial charge is 0.481 e. The second kappa shape index (κ2) is 12.6. The van der Waals surface area contributed by atoms with Crippen LogP contribution in [-0.2, 0) is 27.8 Å². The normalized spacial score (nSPS) is 12.4. The zero-order valence-corrected chi connectivity index (χ0v) is 23.4. The molecule has 0 aliphatic rings. The Kier molecular flexibility index (Phi) is 9.14. The Bertz CT molecular complexity index is 1740. The Balaban J connectivity index is 1.58. The number of carbonyl (C=O) groups is 1. The Morgan fingerprint density at radius 3 is 2.29 bits per heavy atom. The van der Waals surface area contributed by atoms with Gasteiger partial charge in [0.15, 0.2) is 0 Å². The Morgan fingerprint density at radius 2 is 1.67 bits per heavy atom. The minimum Gasteiger partial charge on any atom is -0.481 e. The van der Waals surface area contributed by atoms with Crippen LogP contribution in [0.2, 0.25) is 0 Å². The fraction of sp³-hybridized carbons (Fsp3) is 0.233. The van der Waals surface area contributed by atoms with Gasteiger partial charge >= 0.3 is 12.3 Å². The van der Waals surface area contributed by atoms with Gasteiger partial charge in [0.05, 0.1) is 4.90 Å². The first-order valence-electron chi connectivity index (χ1n) is 12.7. The van der Waals surface area contributed by atoms with E-state index >= 15 is 0 Å². The van der Waals surface area contributed by atoms with Crippen LogP contribution >= 0.6 is 0 Å². The van der Waals surface area contributed by atoms with Crippen LogP contribution in [-0.4, -0.2) is 43.1 Å². The predicted molar refractivity (Wildman–Crippen MR) is 150 cm³/mol. The summed E-state index contributed by atoms with van der Waals surface area (Å²) in [5.41, 5.74) is 2.76. The maximum Gasteiger partial charge on any atom is 0.573 e. The topological polar surface area (TPSA) is 107 Å². The van der Waals surface area contributed by atoms with Gasteiger partial charge < -0.3 is 19.1 Å². The average molecular weight is 601 g/mol. The van der Waals surface area contributed by atoms with Crippen molar-refractivity contribution in [1.29, 1.82) is 0 Å². The number of nitrogens with zero attached hydrogens (tertiary/aromatic N) is 1. The molecular weight excluding hydrogens is 573 g/mol. The number of hydrogen-bond acceptors (Lipinski definition) is 5. The first-order valence-corrected chi connectivity index (χ1v) is 14.2. The van der Waals surface area contributed by atoms with Crippen molar-refractivity contribution < 1.29 is 41.0 Å². The van der Waals surface area contributed by atoms with Gasteiger partial charge in [-0.15, -0.1) is 19.1 Å². The summed E-state index contributed by atoms with van der Waals surface area (Å²) in [7, 11) is -4.20. The van der Waals surface area contributed by atoms with Gasteiger partial charge in [0, 0.05) is 29.6 Å². The molecule has 2 N–H and O–H groups in total. The van der Waals surface area contributed by atoms with E-state index < -0.39 is 28.4 Å². The van der Waals surface area contributed by atoms with E-state index in [0.717, 1.165) is 10.9 Å². The number of fused-ring (bicyclic) bond motifs is 1. The van der Waals surface area contributed by atoms with E-state index in [1.807, 2.05) is 22.8 Å². The molecule has 1 aromatic heterocycles. The number of alkyl halides is 3. The Labute approximate surface area is 240 Å². The lowest BCUT2D eigenvalue weighted by molar-refractivity contribution is -0.274. The number of aromatic nitrogens is 1. The number of aliphatic carboxylic acids is 1. The molecule has 4 rings (SSSR count). The number of para-hydroxylation sites is 1. The van der Waals surface area contributed by atoms with Crippen molar-refractivity contribution in [1.82, 2.24) is 9.29 Å². The van der Waals surface area contributed by atoms with E-state index in [2.05, 4.69) is 21.3 Å². The summed E-state index contributed by atoms with van der Waals surface area (Å²) in [6, 6.07) is 16.8. The lowest BCUT2D eigenvalue weighted by Crippen LogP contribution is -2.42. The summed E-state index contributed by atoms with van der Waals surface area (Å²) >= 11 is 0. The van der Waals surface area contributed by atoms with Crippen LogP contribution < -0.4 is 14.2 Å². The molecule has 4 aromatic rings. The molecule has 0 unspecified atom stereocenters. The molecule has 0 aliphatic heterocycles. The van der Waals surface area contributed by atoms with E-state index in [1.54, 1.807) is 19.9 Å². The molecule has 42 heavy (non-hydrogen) atoms. The molecular formula is C30H27F3N2O6S. The molecule has 3 aromatic carbocycles. The summed E-state index contributed by atoms with van der Waals surface area (Å²) in [6.07, 6.45) is -4.95. The number of benzene rings is 3. The monoisotopic (exact) mass is 600 g/mol. The highest BCUT2D eigenvalue weighted by molar-refractivity contribution is 7.89.